The summed E-state index contributed by atoms with van der Waals surface area (Å²) in [5, 5.41) is 7.00. The van der Waals surface area contributed by atoms with E-state index in [4.69, 9.17) is 5.11 Å². The number of alkyl halides is 7. The molecule has 0 saturated carbocycles. The Hall–Kier alpha value is -0.530. The van der Waals surface area contributed by atoms with Gasteiger partial charge in [-0.05, 0) is 0 Å². The molecule has 0 aromatic heterocycles. The summed E-state index contributed by atoms with van der Waals surface area (Å²) >= 11 is 0. The molecule has 1 nitrogen and oxygen atoms in total. The Morgan fingerprint density at radius 2 is 1.17 bits per heavy atom. The van der Waals surface area contributed by atoms with Crippen LogP contribution in [0.2, 0.25) is 0 Å². The zero-order valence-corrected chi connectivity index (χ0v) is 5.67. The molecule has 0 aliphatic rings. The molecule has 0 atom stereocenters. The summed E-state index contributed by atoms with van der Waals surface area (Å²) in [6.07, 6.45) is -10.9. The second kappa shape index (κ2) is 4.48. The molecular formula is C4H5F7O. The Bertz CT molecular complexity index is 117. The number of aliphatic hydroxyl groups excluding tert-OH is 1. The van der Waals surface area contributed by atoms with E-state index in [0.717, 1.165) is 7.11 Å². The zero-order chi connectivity index (χ0) is 10.6. The highest BCUT2D eigenvalue weighted by Crippen LogP contribution is 2.39. The first-order chi connectivity index (χ1) is 5.19. The molecule has 0 heterocycles. The molecule has 1 N–H and O–H groups in total. The van der Waals surface area contributed by atoms with E-state index in [1.54, 1.807) is 0 Å². The number of hydrogen-bond donors (Lipinski definition) is 1. The highest BCUT2D eigenvalue weighted by Gasteiger charge is 2.64. The van der Waals surface area contributed by atoms with Crippen LogP contribution in [0.5, 0.6) is 0 Å². The third-order valence-electron chi connectivity index (χ3n) is 0.652. The van der Waals surface area contributed by atoms with Crippen molar-refractivity contribution in [1.82, 2.24) is 0 Å². The van der Waals surface area contributed by atoms with Gasteiger partial charge in [-0.15, -0.1) is 0 Å². The number of hydrogen-bond acceptors (Lipinski definition) is 1. The minimum Gasteiger partial charge on any atom is -0.400 e. The number of halogens is 7. The van der Waals surface area contributed by atoms with Crippen molar-refractivity contribution >= 4 is 0 Å². The van der Waals surface area contributed by atoms with E-state index >= 15 is 0 Å². The minimum atomic E-state index is -6.17. The van der Waals surface area contributed by atoms with Crippen LogP contribution in [0, 0.1) is 0 Å². The standard InChI is InChI=1S/C3HF7.CH4O/c4-1(5)2(6,7)3(8,9)10;1-2/h1H;2H,1H3. The zero-order valence-electron chi connectivity index (χ0n) is 5.67. The molecule has 0 bridgehead atoms. The third-order valence-corrected chi connectivity index (χ3v) is 0.652. The number of aliphatic hydroxyl groups is 1. The molecule has 12 heavy (non-hydrogen) atoms. The molecule has 0 amide bonds. The summed E-state index contributed by atoms with van der Waals surface area (Å²) in [5.41, 5.74) is 0. The van der Waals surface area contributed by atoms with Crippen LogP contribution in [-0.2, 0) is 0 Å². The van der Waals surface area contributed by atoms with E-state index in [9.17, 15) is 30.7 Å². The van der Waals surface area contributed by atoms with Gasteiger partial charge in [0.2, 0.25) is 0 Å². The normalized spacial score (nSPS) is 12.5. The van der Waals surface area contributed by atoms with Crippen molar-refractivity contribution in [2.45, 2.75) is 18.5 Å². The van der Waals surface area contributed by atoms with Gasteiger partial charge in [0, 0.05) is 7.11 Å². The lowest BCUT2D eigenvalue weighted by Gasteiger charge is -2.17. The molecule has 0 aromatic rings. The Labute approximate surface area is 62.8 Å². The van der Waals surface area contributed by atoms with Crippen LogP contribution in [0.25, 0.3) is 0 Å². The van der Waals surface area contributed by atoms with Crippen LogP contribution in [-0.4, -0.2) is 30.7 Å². The fourth-order valence-corrected chi connectivity index (χ4v) is 0.124. The van der Waals surface area contributed by atoms with Crippen molar-refractivity contribution in [3.8, 4) is 0 Å². The summed E-state index contributed by atoms with van der Waals surface area (Å²) < 4.78 is 76.6. The summed E-state index contributed by atoms with van der Waals surface area (Å²) in [5.74, 6) is -5.90. The van der Waals surface area contributed by atoms with Crippen LogP contribution in [0.3, 0.4) is 0 Å². The second-order valence-corrected chi connectivity index (χ2v) is 1.42. The average Bonchev–Trinajstić information content (AvgIpc) is 1.89. The van der Waals surface area contributed by atoms with Gasteiger partial charge in [0.05, 0.1) is 0 Å². The molecular weight excluding hydrogens is 197 g/mol. The van der Waals surface area contributed by atoms with Gasteiger partial charge in [0.1, 0.15) is 0 Å². The number of rotatable bonds is 1. The summed E-state index contributed by atoms with van der Waals surface area (Å²) in [7, 11) is 1.00. The van der Waals surface area contributed by atoms with Crippen molar-refractivity contribution in [3.63, 3.8) is 0 Å². The largest absolute Gasteiger partial charge is 0.459 e. The van der Waals surface area contributed by atoms with Gasteiger partial charge in [-0.1, -0.05) is 0 Å². The molecule has 0 radical (unpaired) electrons. The fraction of sp³-hybridized carbons (Fsp3) is 1.00. The third kappa shape index (κ3) is 3.24. The highest BCUT2D eigenvalue weighted by molar-refractivity contribution is 4.77. The van der Waals surface area contributed by atoms with Crippen LogP contribution >= 0.6 is 0 Å². The van der Waals surface area contributed by atoms with Crippen LogP contribution in [0.1, 0.15) is 0 Å². The van der Waals surface area contributed by atoms with Gasteiger partial charge in [-0.2, -0.15) is 22.0 Å². The molecule has 0 saturated heterocycles. The molecule has 0 rings (SSSR count). The molecule has 0 spiro atoms. The van der Waals surface area contributed by atoms with Gasteiger partial charge >= 0.3 is 18.5 Å². The first kappa shape index (κ1) is 14.0. The van der Waals surface area contributed by atoms with Crippen molar-refractivity contribution in [3.05, 3.63) is 0 Å². The van der Waals surface area contributed by atoms with E-state index < -0.39 is 18.5 Å². The Morgan fingerprint density at radius 1 is 0.917 bits per heavy atom. The highest BCUT2D eigenvalue weighted by atomic mass is 19.4. The maximum atomic E-state index is 11.2. The second-order valence-electron chi connectivity index (χ2n) is 1.42. The lowest BCUT2D eigenvalue weighted by molar-refractivity contribution is -0.320. The summed E-state index contributed by atoms with van der Waals surface area (Å²) in [6, 6.07) is 0. The molecule has 0 aromatic carbocycles. The summed E-state index contributed by atoms with van der Waals surface area (Å²) in [4.78, 5) is 0. The van der Waals surface area contributed by atoms with Crippen LogP contribution in [0.15, 0.2) is 0 Å². The SMILES string of the molecule is CO.FC(F)C(F)(F)C(F)(F)F. The maximum absolute atomic E-state index is 11.2. The molecule has 0 unspecified atom stereocenters. The quantitative estimate of drug-likeness (QED) is 0.645. The first-order valence-electron chi connectivity index (χ1n) is 2.37. The van der Waals surface area contributed by atoms with E-state index in [0.29, 0.717) is 0 Å². The van der Waals surface area contributed by atoms with Gasteiger partial charge in [-0.3, -0.25) is 0 Å². The summed E-state index contributed by atoms with van der Waals surface area (Å²) in [6.45, 7) is 0. The Kier molecular flexibility index (Phi) is 5.24. The van der Waals surface area contributed by atoms with Gasteiger partial charge in [0.15, 0.2) is 0 Å². The maximum Gasteiger partial charge on any atom is 0.459 e. The van der Waals surface area contributed by atoms with Crippen molar-refractivity contribution < 1.29 is 35.8 Å². The van der Waals surface area contributed by atoms with E-state index in [-0.39, 0.29) is 0 Å². The monoisotopic (exact) mass is 202 g/mol. The predicted molar refractivity (Wildman–Crippen MR) is 25.1 cm³/mol. The van der Waals surface area contributed by atoms with Crippen molar-refractivity contribution in [2.24, 2.45) is 0 Å². The van der Waals surface area contributed by atoms with Crippen molar-refractivity contribution in [1.29, 1.82) is 0 Å². The van der Waals surface area contributed by atoms with Crippen LogP contribution < -0.4 is 0 Å². The van der Waals surface area contributed by atoms with Gasteiger partial charge in [-0.25, -0.2) is 8.78 Å². The molecule has 76 valence electrons. The smallest absolute Gasteiger partial charge is 0.400 e. The molecule has 0 fully saturated rings. The minimum absolute atomic E-state index is 1.00. The van der Waals surface area contributed by atoms with Crippen LogP contribution in [0.4, 0.5) is 30.7 Å². The fourth-order valence-electron chi connectivity index (χ4n) is 0.124. The molecule has 0 aliphatic heterocycles. The van der Waals surface area contributed by atoms with Crippen molar-refractivity contribution in [2.75, 3.05) is 7.11 Å². The van der Waals surface area contributed by atoms with Gasteiger partial charge in [0.25, 0.3) is 0 Å². The predicted octanol–water partition coefficient (Wildman–Crippen LogP) is 2.06. The molecule has 8 heteroatoms. The van der Waals surface area contributed by atoms with E-state index in [2.05, 4.69) is 0 Å². The van der Waals surface area contributed by atoms with E-state index in [1.165, 1.54) is 0 Å². The lowest BCUT2D eigenvalue weighted by Crippen LogP contribution is -2.42. The van der Waals surface area contributed by atoms with Gasteiger partial charge < -0.3 is 5.11 Å². The Morgan fingerprint density at radius 3 is 1.17 bits per heavy atom. The van der Waals surface area contributed by atoms with E-state index in [1.807, 2.05) is 0 Å². The lowest BCUT2D eigenvalue weighted by atomic mass is 10.3. The Balaban J connectivity index is 0. The first-order valence-corrected chi connectivity index (χ1v) is 2.37. The average molecular weight is 202 g/mol. The molecule has 0 aliphatic carbocycles. The topological polar surface area (TPSA) is 20.2 Å².